The van der Waals surface area contributed by atoms with Crippen molar-refractivity contribution in [3.63, 3.8) is 0 Å². The van der Waals surface area contributed by atoms with E-state index < -0.39 is 0 Å². The third kappa shape index (κ3) is 4.27. The number of hydrogen-bond acceptors (Lipinski definition) is 4. The first-order valence-electron chi connectivity index (χ1n) is 8.87. The van der Waals surface area contributed by atoms with Gasteiger partial charge in [0.1, 0.15) is 11.5 Å². The van der Waals surface area contributed by atoms with Gasteiger partial charge in [-0.25, -0.2) is 0 Å². The second-order valence-electron chi connectivity index (χ2n) is 6.11. The Bertz CT molecular complexity index is 1100. The summed E-state index contributed by atoms with van der Waals surface area (Å²) in [4.78, 5) is 16.6. The first-order chi connectivity index (χ1) is 13.8. The zero-order chi connectivity index (χ0) is 19.2. The number of nitrogens with zero attached hydrogens (tertiary/aromatic N) is 1. The van der Waals surface area contributed by atoms with Gasteiger partial charge in [-0.05, 0) is 48.5 Å². The van der Waals surface area contributed by atoms with Crippen molar-refractivity contribution in [1.82, 2.24) is 4.98 Å². The van der Waals surface area contributed by atoms with E-state index in [0.29, 0.717) is 22.9 Å². The maximum absolute atomic E-state index is 12.4. The number of pyridine rings is 1. The minimum absolute atomic E-state index is 0.106. The van der Waals surface area contributed by atoms with Gasteiger partial charge in [0.2, 0.25) is 0 Å². The summed E-state index contributed by atoms with van der Waals surface area (Å²) in [5.41, 5.74) is 1.47. The van der Waals surface area contributed by atoms with Crippen molar-refractivity contribution >= 4 is 22.5 Å². The number of aromatic nitrogens is 1. The first kappa shape index (κ1) is 17.5. The second kappa shape index (κ2) is 8.22. The fraction of sp³-hybridized carbons (Fsp3) is 0.0435. The number of fused-ring (bicyclic) bond motifs is 1. The van der Waals surface area contributed by atoms with Crippen LogP contribution in [0, 0.1) is 0 Å². The van der Waals surface area contributed by atoms with Crippen LogP contribution in [-0.2, 0) is 4.79 Å². The van der Waals surface area contributed by atoms with Crippen molar-refractivity contribution in [3.05, 3.63) is 91.1 Å². The number of para-hydroxylation sites is 3. The lowest BCUT2D eigenvalue weighted by Gasteiger charge is -2.12. The molecule has 1 amide bonds. The summed E-state index contributed by atoms with van der Waals surface area (Å²) in [6.45, 7) is -0.106. The van der Waals surface area contributed by atoms with Crippen LogP contribution in [0.5, 0.6) is 17.2 Å². The van der Waals surface area contributed by atoms with Gasteiger partial charge in [0.05, 0.1) is 11.2 Å². The van der Waals surface area contributed by atoms with Crippen molar-refractivity contribution in [2.24, 2.45) is 0 Å². The molecule has 0 spiro atoms. The van der Waals surface area contributed by atoms with Gasteiger partial charge in [-0.2, -0.15) is 0 Å². The third-order valence-corrected chi connectivity index (χ3v) is 4.08. The van der Waals surface area contributed by atoms with E-state index in [1.165, 1.54) is 0 Å². The molecule has 0 bridgehead atoms. The lowest BCUT2D eigenvalue weighted by Crippen LogP contribution is -2.20. The molecule has 4 aromatic rings. The maximum atomic E-state index is 12.4. The van der Waals surface area contributed by atoms with Crippen molar-refractivity contribution in [2.45, 2.75) is 0 Å². The minimum atomic E-state index is -0.268. The molecule has 0 unspecified atom stereocenters. The fourth-order valence-corrected chi connectivity index (χ4v) is 2.75. The largest absolute Gasteiger partial charge is 0.484 e. The highest BCUT2D eigenvalue weighted by atomic mass is 16.5. The zero-order valence-electron chi connectivity index (χ0n) is 15.0. The molecule has 0 aliphatic heterocycles. The van der Waals surface area contributed by atoms with Crippen LogP contribution in [0.2, 0.25) is 0 Å². The summed E-state index contributed by atoms with van der Waals surface area (Å²) in [5.74, 6) is 1.61. The topological polar surface area (TPSA) is 60.5 Å². The zero-order valence-corrected chi connectivity index (χ0v) is 15.0. The molecule has 5 nitrogen and oxygen atoms in total. The highest BCUT2D eigenvalue weighted by Gasteiger charge is 2.09. The quantitative estimate of drug-likeness (QED) is 0.516. The molecule has 4 rings (SSSR count). The molecule has 28 heavy (non-hydrogen) atoms. The van der Waals surface area contributed by atoms with Crippen LogP contribution in [0.25, 0.3) is 10.9 Å². The highest BCUT2D eigenvalue weighted by Crippen LogP contribution is 2.29. The van der Waals surface area contributed by atoms with E-state index in [9.17, 15) is 4.79 Å². The molecular formula is C23H18N2O3. The molecule has 0 atom stereocenters. The van der Waals surface area contributed by atoms with E-state index in [-0.39, 0.29) is 12.5 Å². The standard InChI is InChI=1S/C23H18N2O3/c26-23(16-27-19-12-13-20-17(15-19)7-6-14-24-20)25-21-10-4-5-11-22(21)28-18-8-2-1-3-9-18/h1-15H,16H2,(H,25,26). The Hall–Kier alpha value is -3.86. The summed E-state index contributed by atoms with van der Waals surface area (Å²) in [6, 6.07) is 26.0. The molecule has 5 heteroatoms. The fourth-order valence-electron chi connectivity index (χ4n) is 2.75. The van der Waals surface area contributed by atoms with Crippen LogP contribution in [0.4, 0.5) is 5.69 Å². The molecule has 138 valence electrons. The summed E-state index contributed by atoms with van der Waals surface area (Å²) >= 11 is 0. The number of amides is 1. The molecule has 0 saturated carbocycles. The van der Waals surface area contributed by atoms with Gasteiger partial charge in [0, 0.05) is 11.6 Å². The van der Waals surface area contributed by atoms with E-state index in [0.717, 1.165) is 10.9 Å². The van der Waals surface area contributed by atoms with Crippen LogP contribution in [0.1, 0.15) is 0 Å². The number of carbonyl (C=O) groups excluding carboxylic acids is 1. The van der Waals surface area contributed by atoms with Crippen LogP contribution in [-0.4, -0.2) is 17.5 Å². The lowest BCUT2D eigenvalue weighted by molar-refractivity contribution is -0.118. The van der Waals surface area contributed by atoms with Crippen LogP contribution in [0.3, 0.4) is 0 Å². The smallest absolute Gasteiger partial charge is 0.262 e. The summed E-state index contributed by atoms with van der Waals surface area (Å²) in [7, 11) is 0. The van der Waals surface area contributed by atoms with Crippen LogP contribution >= 0.6 is 0 Å². The van der Waals surface area contributed by atoms with Crippen LogP contribution < -0.4 is 14.8 Å². The molecule has 3 aromatic carbocycles. The number of ether oxygens (including phenoxy) is 2. The van der Waals surface area contributed by atoms with Crippen LogP contribution in [0.15, 0.2) is 91.1 Å². The lowest BCUT2D eigenvalue weighted by atomic mass is 10.2. The molecule has 1 N–H and O–H groups in total. The van der Waals surface area contributed by atoms with Gasteiger partial charge in [-0.3, -0.25) is 9.78 Å². The third-order valence-electron chi connectivity index (χ3n) is 4.08. The number of carbonyl (C=O) groups is 1. The molecule has 1 heterocycles. The van der Waals surface area contributed by atoms with Gasteiger partial charge >= 0.3 is 0 Å². The Morgan fingerprint density at radius 2 is 1.68 bits per heavy atom. The number of rotatable bonds is 6. The van der Waals surface area contributed by atoms with Gasteiger partial charge in [0.15, 0.2) is 12.4 Å². The highest BCUT2D eigenvalue weighted by molar-refractivity contribution is 5.93. The van der Waals surface area contributed by atoms with E-state index in [4.69, 9.17) is 9.47 Å². The molecule has 0 saturated heterocycles. The Labute approximate surface area is 162 Å². The van der Waals surface area contributed by atoms with E-state index in [1.54, 1.807) is 24.4 Å². The van der Waals surface area contributed by atoms with E-state index >= 15 is 0 Å². The SMILES string of the molecule is O=C(COc1ccc2ncccc2c1)Nc1ccccc1Oc1ccccc1. The van der Waals surface area contributed by atoms with E-state index in [1.807, 2.05) is 66.7 Å². The molecular weight excluding hydrogens is 352 g/mol. The summed E-state index contributed by atoms with van der Waals surface area (Å²) in [5, 5.41) is 3.80. The summed E-state index contributed by atoms with van der Waals surface area (Å²) in [6.07, 6.45) is 1.74. The predicted octanol–water partition coefficient (Wildman–Crippen LogP) is 5.04. The predicted molar refractivity (Wildman–Crippen MR) is 109 cm³/mol. The Balaban J connectivity index is 1.41. The van der Waals surface area contributed by atoms with Gasteiger partial charge < -0.3 is 14.8 Å². The summed E-state index contributed by atoms with van der Waals surface area (Å²) < 4.78 is 11.5. The Morgan fingerprint density at radius 3 is 2.57 bits per heavy atom. The molecule has 0 radical (unpaired) electrons. The average molecular weight is 370 g/mol. The normalized spacial score (nSPS) is 10.4. The van der Waals surface area contributed by atoms with Crippen molar-refractivity contribution in [2.75, 3.05) is 11.9 Å². The van der Waals surface area contributed by atoms with Crippen molar-refractivity contribution < 1.29 is 14.3 Å². The Kier molecular flexibility index (Phi) is 5.15. The molecule has 0 aliphatic carbocycles. The van der Waals surface area contributed by atoms with Gasteiger partial charge in [-0.1, -0.05) is 36.4 Å². The average Bonchev–Trinajstić information content (AvgIpc) is 2.74. The minimum Gasteiger partial charge on any atom is -0.484 e. The second-order valence-corrected chi connectivity index (χ2v) is 6.11. The molecule has 0 aliphatic rings. The van der Waals surface area contributed by atoms with Gasteiger partial charge in [0.25, 0.3) is 5.91 Å². The van der Waals surface area contributed by atoms with Crippen molar-refractivity contribution in [1.29, 1.82) is 0 Å². The molecule has 0 fully saturated rings. The first-order valence-corrected chi connectivity index (χ1v) is 8.87. The number of hydrogen-bond donors (Lipinski definition) is 1. The van der Waals surface area contributed by atoms with E-state index in [2.05, 4.69) is 10.3 Å². The van der Waals surface area contributed by atoms with Gasteiger partial charge in [-0.15, -0.1) is 0 Å². The Morgan fingerprint density at radius 1 is 0.857 bits per heavy atom. The molecule has 1 aromatic heterocycles. The van der Waals surface area contributed by atoms with Crippen molar-refractivity contribution in [3.8, 4) is 17.2 Å². The number of benzene rings is 3. The maximum Gasteiger partial charge on any atom is 0.262 e. The number of anilines is 1. The number of nitrogens with one attached hydrogen (secondary N) is 1. The monoisotopic (exact) mass is 370 g/mol.